The molecule has 3 rings (SSSR count). The fourth-order valence-electron chi connectivity index (χ4n) is 2.03. The molecule has 0 aliphatic rings. The van der Waals surface area contributed by atoms with Crippen molar-refractivity contribution in [1.29, 1.82) is 0 Å². The molecule has 206 valence electrons. The monoisotopic (exact) mass is 612 g/mol. The molecule has 7 nitrogen and oxygen atoms in total. The molecule has 0 fully saturated rings. The summed E-state index contributed by atoms with van der Waals surface area (Å²) in [6, 6.07) is 19.2. The van der Waals surface area contributed by atoms with Gasteiger partial charge in [0.25, 0.3) is 0 Å². The zero-order valence-electron chi connectivity index (χ0n) is 21.0. The molecule has 0 N–H and O–H groups in total. The normalized spacial score (nSPS) is 11.4. The van der Waals surface area contributed by atoms with E-state index in [1.807, 2.05) is 0 Å². The summed E-state index contributed by atoms with van der Waals surface area (Å²) in [4.78, 5) is 0.802. The highest BCUT2D eigenvalue weighted by atomic mass is 35.5. The average Bonchev–Trinajstić information content (AvgIpc) is 2.73. The third-order valence-electron chi connectivity index (χ3n) is 3.65. The first kappa shape index (κ1) is 34.8. The molecule has 0 unspecified atom stereocenters. The van der Waals surface area contributed by atoms with E-state index in [-0.39, 0.29) is 4.90 Å². The fourth-order valence-corrected chi connectivity index (χ4v) is 4.07. The third kappa shape index (κ3) is 17.8. The summed E-state index contributed by atoms with van der Waals surface area (Å²) in [6.07, 6.45) is 6.65. The van der Waals surface area contributed by atoms with Gasteiger partial charge in [-0.1, -0.05) is 29.8 Å². The molecule has 0 radical (unpaired) electrons. The molecule has 13 heteroatoms. The van der Waals surface area contributed by atoms with Crippen molar-refractivity contribution in [2.75, 3.05) is 31.3 Å². The molecule has 3 aromatic rings. The molecule has 0 atom stereocenters. The molecule has 37 heavy (non-hydrogen) atoms. The number of benzene rings is 3. The van der Waals surface area contributed by atoms with Crippen molar-refractivity contribution in [3.05, 3.63) is 89.7 Å². The van der Waals surface area contributed by atoms with E-state index in [2.05, 4.69) is 5.87 Å². The SMILES string of the molecule is C=S(C)(C)=O.CS(=O)(=O)c1ccc(Cl)cc1.CS(=O)(=O)c1ccc(F)cc1.CS(=O)(=O)c1ccccc1. The molecule has 0 aliphatic carbocycles. The van der Waals surface area contributed by atoms with Crippen LogP contribution in [-0.4, -0.2) is 66.6 Å². The lowest BCUT2D eigenvalue weighted by atomic mass is 10.4. The molecule has 0 saturated carbocycles. The zero-order chi connectivity index (χ0) is 29.1. The Morgan fingerprint density at radius 1 is 0.541 bits per heavy atom. The summed E-state index contributed by atoms with van der Waals surface area (Å²) in [6.45, 7) is 0. The van der Waals surface area contributed by atoms with E-state index >= 15 is 0 Å². The van der Waals surface area contributed by atoms with Gasteiger partial charge in [0.2, 0.25) is 0 Å². The number of hydrogen-bond donors (Lipinski definition) is 0. The van der Waals surface area contributed by atoms with Crippen LogP contribution in [0.15, 0.2) is 93.5 Å². The molecule has 0 spiro atoms. The first-order chi connectivity index (χ1) is 16.6. The van der Waals surface area contributed by atoms with Gasteiger partial charge in [-0.2, -0.15) is 0 Å². The Balaban J connectivity index is 0.000000483. The van der Waals surface area contributed by atoms with E-state index in [0.717, 1.165) is 24.6 Å². The van der Waals surface area contributed by atoms with Gasteiger partial charge >= 0.3 is 0 Å². The van der Waals surface area contributed by atoms with Crippen molar-refractivity contribution >= 4 is 56.5 Å². The highest BCUT2D eigenvalue weighted by molar-refractivity contribution is 7.99. The van der Waals surface area contributed by atoms with Crippen molar-refractivity contribution in [3.63, 3.8) is 0 Å². The van der Waals surface area contributed by atoms with E-state index in [1.54, 1.807) is 55.0 Å². The summed E-state index contributed by atoms with van der Waals surface area (Å²) >= 11 is 5.57. The van der Waals surface area contributed by atoms with E-state index in [1.165, 1.54) is 30.5 Å². The predicted molar refractivity (Wildman–Crippen MR) is 151 cm³/mol. The summed E-state index contributed by atoms with van der Waals surface area (Å²) in [5, 5.41) is 0.539. The molecule has 3 aromatic carbocycles. The van der Waals surface area contributed by atoms with Crippen LogP contribution in [0.2, 0.25) is 5.02 Å². The summed E-state index contributed by atoms with van der Waals surface area (Å²) in [5.41, 5.74) is 0. The van der Waals surface area contributed by atoms with Crippen LogP contribution in [0, 0.1) is 5.82 Å². The fraction of sp³-hybridized carbons (Fsp3) is 0.208. The molecule has 0 aromatic heterocycles. The van der Waals surface area contributed by atoms with Gasteiger partial charge < -0.3 is 0 Å². The first-order valence-electron chi connectivity index (χ1n) is 10.0. The molecule has 0 amide bonds. The van der Waals surface area contributed by atoms with Gasteiger partial charge in [-0.15, -0.1) is 0 Å². The Bertz CT molecular complexity index is 1470. The second-order valence-electron chi connectivity index (χ2n) is 7.97. The maximum absolute atomic E-state index is 12.3. The standard InChI is InChI=1S/C7H7ClO2S.C7H7FO2S.C7H8O2S.C3H8OS/c2*1-11(9,10)7-4-2-6(8)3-5-7;1-10(8,9)7-5-3-2-4-6-7;1-5(2,3)4/h2*2-5H,1H3;2-6H,1H3;1H2,2-3H3. The van der Waals surface area contributed by atoms with Crippen LogP contribution in [-0.2, 0) is 39.0 Å². The molecule has 0 aliphatic heterocycles. The Hall–Kier alpha value is -2.25. The van der Waals surface area contributed by atoms with Gasteiger partial charge in [0.15, 0.2) is 29.5 Å². The summed E-state index contributed by atoms with van der Waals surface area (Å²) in [7, 11) is -10.9. The minimum absolute atomic E-state index is 0.138. The maximum Gasteiger partial charge on any atom is 0.175 e. The summed E-state index contributed by atoms with van der Waals surface area (Å²) < 4.78 is 87.5. The Morgan fingerprint density at radius 2 is 0.811 bits per heavy atom. The quantitative estimate of drug-likeness (QED) is 0.324. The lowest BCUT2D eigenvalue weighted by molar-refractivity contribution is 0.599. The molecular weight excluding hydrogens is 583 g/mol. The predicted octanol–water partition coefficient (Wildman–Crippen LogP) is 4.03. The van der Waals surface area contributed by atoms with Crippen LogP contribution in [0.1, 0.15) is 0 Å². The van der Waals surface area contributed by atoms with Gasteiger partial charge in [-0.05, 0) is 76.1 Å². The molecule has 0 saturated heterocycles. The second kappa shape index (κ2) is 14.6. The topological polar surface area (TPSA) is 119 Å². The highest BCUT2D eigenvalue weighted by Crippen LogP contribution is 2.13. The largest absolute Gasteiger partial charge is 0.269 e. The highest BCUT2D eigenvalue weighted by Gasteiger charge is 2.06. The van der Waals surface area contributed by atoms with Gasteiger partial charge in [-0.3, -0.25) is 4.21 Å². The van der Waals surface area contributed by atoms with Gasteiger partial charge in [0.05, 0.1) is 14.7 Å². The van der Waals surface area contributed by atoms with Crippen LogP contribution in [0.5, 0.6) is 0 Å². The van der Waals surface area contributed by atoms with Gasteiger partial charge in [0.1, 0.15) is 5.82 Å². The maximum atomic E-state index is 12.3. The minimum Gasteiger partial charge on any atom is -0.269 e. The van der Waals surface area contributed by atoms with Crippen LogP contribution >= 0.6 is 11.6 Å². The number of hydrogen-bond acceptors (Lipinski definition) is 7. The number of halogens is 2. The van der Waals surface area contributed by atoms with E-state index < -0.39 is 44.9 Å². The molecule has 0 bridgehead atoms. The number of rotatable bonds is 3. The van der Waals surface area contributed by atoms with Crippen molar-refractivity contribution in [2.45, 2.75) is 14.7 Å². The average molecular weight is 613 g/mol. The Labute approximate surface area is 225 Å². The van der Waals surface area contributed by atoms with Crippen LogP contribution < -0.4 is 0 Å². The van der Waals surface area contributed by atoms with Crippen molar-refractivity contribution in [3.8, 4) is 0 Å². The van der Waals surface area contributed by atoms with Crippen molar-refractivity contribution in [2.24, 2.45) is 0 Å². The minimum atomic E-state index is -3.19. The molecular formula is C24H30ClFO7S4. The second-order valence-corrected chi connectivity index (χ2v) is 17.3. The number of sulfone groups is 3. The first-order valence-corrected chi connectivity index (χ1v) is 18.6. The lowest BCUT2D eigenvalue weighted by Crippen LogP contribution is -1.96. The van der Waals surface area contributed by atoms with Crippen LogP contribution in [0.25, 0.3) is 0 Å². The van der Waals surface area contributed by atoms with Crippen LogP contribution in [0.3, 0.4) is 0 Å². The molecule has 0 heterocycles. The van der Waals surface area contributed by atoms with Crippen molar-refractivity contribution < 1.29 is 33.9 Å². The third-order valence-corrected chi connectivity index (χ3v) is 7.29. The van der Waals surface area contributed by atoms with Crippen molar-refractivity contribution in [1.82, 2.24) is 0 Å². The Morgan fingerprint density at radius 3 is 1.08 bits per heavy atom. The van der Waals surface area contributed by atoms with E-state index in [9.17, 15) is 33.9 Å². The van der Waals surface area contributed by atoms with Gasteiger partial charge in [0, 0.05) is 36.3 Å². The van der Waals surface area contributed by atoms with E-state index in [4.69, 9.17) is 11.6 Å². The van der Waals surface area contributed by atoms with Gasteiger partial charge in [-0.25, -0.2) is 29.6 Å². The van der Waals surface area contributed by atoms with Crippen LogP contribution in [0.4, 0.5) is 4.39 Å². The Kier molecular flexibility index (Phi) is 13.7. The summed E-state index contributed by atoms with van der Waals surface area (Å²) in [5.74, 6) is 2.87. The zero-order valence-corrected chi connectivity index (χ0v) is 25.0. The van der Waals surface area contributed by atoms with E-state index in [0.29, 0.717) is 14.8 Å². The lowest BCUT2D eigenvalue weighted by Gasteiger charge is -1.95. The smallest absolute Gasteiger partial charge is 0.175 e.